The fraction of sp³-hybridized carbons (Fsp3) is 0.846. The van der Waals surface area contributed by atoms with Gasteiger partial charge in [-0.25, -0.2) is 0 Å². The van der Waals surface area contributed by atoms with Crippen LogP contribution in [0.1, 0.15) is 40.0 Å². The minimum Gasteiger partial charge on any atom is -0.354 e. The molecule has 0 heterocycles. The molecule has 1 saturated carbocycles. The molecule has 0 radical (unpaired) electrons. The Bertz CT molecular complexity index is 311. The molecule has 0 aromatic heterocycles. The molecule has 0 saturated heterocycles. The molecule has 4 N–H and O–H groups in total. The summed E-state index contributed by atoms with van der Waals surface area (Å²) >= 11 is 0. The average molecular weight is 255 g/mol. The summed E-state index contributed by atoms with van der Waals surface area (Å²) in [6, 6.07) is -0.553. The minimum absolute atomic E-state index is 0.0129. The van der Waals surface area contributed by atoms with Crippen molar-refractivity contribution in [1.29, 1.82) is 0 Å². The molecule has 104 valence electrons. The van der Waals surface area contributed by atoms with Crippen molar-refractivity contribution < 1.29 is 9.59 Å². The van der Waals surface area contributed by atoms with Crippen LogP contribution in [0.15, 0.2) is 0 Å². The van der Waals surface area contributed by atoms with E-state index >= 15 is 0 Å². The zero-order valence-corrected chi connectivity index (χ0v) is 11.6. The van der Waals surface area contributed by atoms with Crippen LogP contribution < -0.4 is 16.4 Å². The van der Waals surface area contributed by atoms with Crippen LogP contribution in [0, 0.1) is 11.3 Å². The van der Waals surface area contributed by atoms with Gasteiger partial charge in [-0.2, -0.15) is 0 Å². The van der Waals surface area contributed by atoms with E-state index in [4.69, 9.17) is 5.73 Å². The molecule has 0 spiro atoms. The Morgan fingerprint density at radius 3 is 2.33 bits per heavy atom. The molecule has 1 aliphatic carbocycles. The van der Waals surface area contributed by atoms with Gasteiger partial charge in [0.25, 0.3) is 0 Å². The van der Waals surface area contributed by atoms with Crippen molar-refractivity contribution in [1.82, 2.24) is 10.6 Å². The Morgan fingerprint density at radius 2 is 1.89 bits per heavy atom. The van der Waals surface area contributed by atoms with Crippen molar-refractivity contribution in [3.63, 3.8) is 0 Å². The first-order valence-electron chi connectivity index (χ1n) is 6.70. The van der Waals surface area contributed by atoms with Crippen LogP contribution in [0.2, 0.25) is 0 Å². The molecule has 0 aromatic carbocycles. The number of amides is 2. The van der Waals surface area contributed by atoms with Gasteiger partial charge in [-0.1, -0.05) is 20.8 Å². The highest BCUT2D eigenvalue weighted by Gasteiger charge is 2.40. The number of hydrogen-bond acceptors (Lipinski definition) is 3. The molecular weight excluding hydrogens is 230 g/mol. The molecule has 1 atom stereocenters. The van der Waals surface area contributed by atoms with Gasteiger partial charge in [-0.3, -0.25) is 9.59 Å². The van der Waals surface area contributed by atoms with Crippen LogP contribution in [0.3, 0.4) is 0 Å². The Kier molecular flexibility index (Phi) is 5.14. The Hall–Kier alpha value is -1.10. The van der Waals surface area contributed by atoms with E-state index in [9.17, 15) is 9.59 Å². The lowest BCUT2D eigenvalue weighted by atomic mass is 10.0. The number of nitrogens with two attached hydrogens (primary N) is 1. The maximum atomic E-state index is 11.6. The quantitative estimate of drug-likeness (QED) is 0.615. The summed E-state index contributed by atoms with van der Waals surface area (Å²) < 4.78 is 0. The van der Waals surface area contributed by atoms with Crippen molar-refractivity contribution in [2.75, 3.05) is 13.1 Å². The van der Waals surface area contributed by atoms with Gasteiger partial charge in [-0.15, -0.1) is 0 Å². The van der Waals surface area contributed by atoms with Crippen LogP contribution in [0.4, 0.5) is 0 Å². The van der Waals surface area contributed by atoms with Crippen molar-refractivity contribution >= 4 is 11.8 Å². The van der Waals surface area contributed by atoms with Gasteiger partial charge in [-0.05, 0) is 30.6 Å². The van der Waals surface area contributed by atoms with Crippen molar-refractivity contribution in [2.24, 2.45) is 17.1 Å². The maximum absolute atomic E-state index is 11.6. The smallest absolute Gasteiger partial charge is 0.239 e. The molecule has 18 heavy (non-hydrogen) atoms. The van der Waals surface area contributed by atoms with Gasteiger partial charge in [0.05, 0.1) is 12.6 Å². The molecule has 2 amide bonds. The molecule has 0 bridgehead atoms. The van der Waals surface area contributed by atoms with Crippen LogP contribution in [0.25, 0.3) is 0 Å². The van der Waals surface area contributed by atoms with Gasteiger partial charge in [0.2, 0.25) is 11.8 Å². The van der Waals surface area contributed by atoms with E-state index in [1.165, 1.54) is 12.8 Å². The standard InChI is InChI=1S/C13H25N3O2/c1-4-13(5-6-13)8-16-10(17)7-15-12(18)11(14)9(2)3/h9,11H,4-8,14H2,1-3H3,(H,15,18)(H,16,17)/t11-/m0/s1. The molecule has 0 aliphatic heterocycles. The number of rotatable bonds is 7. The Balaban J connectivity index is 2.19. The lowest BCUT2D eigenvalue weighted by molar-refractivity contribution is -0.127. The van der Waals surface area contributed by atoms with E-state index in [2.05, 4.69) is 17.6 Å². The first kappa shape index (κ1) is 15.0. The fourth-order valence-corrected chi connectivity index (χ4v) is 1.77. The monoisotopic (exact) mass is 255 g/mol. The third-order valence-corrected chi connectivity index (χ3v) is 3.81. The second-order valence-corrected chi connectivity index (χ2v) is 5.62. The zero-order chi connectivity index (χ0) is 13.8. The summed E-state index contributed by atoms with van der Waals surface area (Å²) in [5.74, 6) is -0.335. The highest BCUT2D eigenvalue weighted by molar-refractivity contribution is 5.87. The fourth-order valence-electron chi connectivity index (χ4n) is 1.77. The molecule has 1 fully saturated rings. The SMILES string of the molecule is CCC1(CNC(=O)CNC(=O)[C@@H](N)C(C)C)CC1. The topological polar surface area (TPSA) is 84.2 Å². The third kappa shape index (κ3) is 4.29. The lowest BCUT2D eigenvalue weighted by Gasteiger charge is -2.16. The summed E-state index contributed by atoms with van der Waals surface area (Å²) in [7, 11) is 0. The van der Waals surface area contributed by atoms with Gasteiger partial charge < -0.3 is 16.4 Å². The largest absolute Gasteiger partial charge is 0.354 e. The van der Waals surface area contributed by atoms with E-state index in [-0.39, 0.29) is 24.3 Å². The zero-order valence-electron chi connectivity index (χ0n) is 11.6. The highest BCUT2D eigenvalue weighted by Crippen LogP contribution is 2.47. The van der Waals surface area contributed by atoms with Crippen LogP contribution in [-0.2, 0) is 9.59 Å². The average Bonchev–Trinajstić information content (AvgIpc) is 3.13. The predicted octanol–water partition coefficient (Wildman–Crippen LogP) is 0.392. The number of carbonyl (C=O) groups excluding carboxylic acids is 2. The van der Waals surface area contributed by atoms with E-state index in [1.54, 1.807) is 0 Å². The highest BCUT2D eigenvalue weighted by atomic mass is 16.2. The van der Waals surface area contributed by atoms with E-state index in [1.807, 2.05) is 13.8 Å². The van der Waals surface area contributed by atoms with Gasteiger partial charge in [0, 0.05) is 6.54 Å². The second-order valence-electron chi connectivity index (χ2n) is 5.62. The van der Waals surface area contributed by atoms with Crippen LogP contribution in [0.5, 0.6) is 0 Å². The van der Waals surface area contributed by atoms with E-state index < -0.39 is 6.04 Å². The first-order chi connectivity index (χ1) is 8.40. The molecule has 0 aromatic rings. The van der Waals surface area contributed by atoms with E-state index in [0.29, 0.717) is 12.0 Å². The van der Waals surface area contributed by atoms with Crippen LogP contribution >= 0.6 is 0 Å². The van der Waals surface area contributed by atoms with Gasteiger partial charge in [0.1, 0.15) is 0 Å². The number of hydrogen-bond donors (Lipinski definition) is 3. The van der Waals surface area contributed by atoms with Gasteiger partial charge in [0.15, 0.2) is 0 Å². The summed E-state index contributed by atoms with van der Waals surface area (Å²) in [6.45, 7) is 6.63. The maximum Gasteiger partial charge on any atom is 0.239 e. The number of carbonyl (C=O) groups is 2. The predicted molar refractivity (Wildman–Crippen MR) is 70.8 cm³/mol. The van der Waals surface area contributed by atoms with E-state index in [0.717, 1.165) is 6.42 Å². The lowest BCUT2D eigenvalue weighted by Crippen LogP contribution is -2.47. The van der Waals surface area contributed by atoms with Crippen molar-refractivity contribution in [2.45, 2.75) is 46.1 Å². The third-order valence-electron chi connectivity index (χ3n) is 3.81. The van der Waals surface area contributed by atoms with Crippen LogP contribution in [-0.4, -0.2) is 30.9 Å². The molecule has 5 heteroatoms. The molecule has 1 rings (SSSR count). The summed E-state index contributed by atoms with van der Waals surface area (Å²) in [6.07, 6.45) is 3.47. The molecule has 1 aliphatic rings. The van der Waals surface area contributed by atoms with Gasteiger partial charge >= 0.3 is 0 Å². The molecule has 0 unspecified atom stereocenters. The summed E-state index contributed by atoms with van der Waals surface area (Å²) in [5, 5.41) is 5.43. The normalized spacial score (nSPS) is 18.3. The van der Waals surface area contributed by atoms with Crippen molar-refractivity contribution in [3.8, 4) is 0 Å². The summed E-state index contributed by atoms with van der Waals surface area (Å²) in [4.78, 5) is 23.1. The second kappa shape index (κ2) is 6.18. The Morgan fingerprint density at radius 1 is 1.28 bits per heavy atom. The minimum atomic E-state index is -0.553. The molecule has 5 nitrogen and oxygen atoms in total. The number of nitrogens with one attached hydrogen (secondary N) is 2. The first-order valence-corrected chi connectivity index (χ1v) is 6.70. The molecular formula is C13H25N3O2. The Labute approximate surface area is 109 Å². The van der Waals surface area contributed by atoms with Crippen molar-refractivity contribution in [3.05, 3.63) is 0 Å². The summed E-state index contributed by atoms with van der Waals surface area (Å²) in [5.41, 5.74) is 6.00.